The van der Waals surface area contributed by atoms with Gasteiger partial charge in [0.1, 0.15) is 6.61 Å². The zero-order chi connectivity index (χ0) is 39.8. The molecule has 0 fully saturated rings. The van der Waals surface area contributed by atoms with Gasteiger partial charge < -0.3 is 28.7 Å². The Balaban J connectivity index is 4.36. The zero-order valence-corrected chi connectivity index (χ0v) is 35.5. The average molecular weight is 785 g/mol. The van der Waals surface area contributed by atoms with Crippen LogP contribution >= 0.6 is 7.82 Å². The molecule has 1 N–H and O–H groups in total. The van der Waals surface area contributed by atoms with Crippen LogP contribution in [0.25, 0.3) is 0 Å². The number of hydrogen-bond acceptors (Lipinski definition) is 9. The average Bonchev–Trinajstić information content (AvgIpc) is 3.14. The molecule has 11 heteroatoms. The molecule has 0 saturated carbocycles. The van der Waals surface area contributed by atoms with E-state index in [1.165, 1.54) is 90.4 Å². The van der Waals surface area contributed by atoms with E-state index in [9.17, 15) is 23.8 Å². The Morgan fingerprint density at radius 2 is 0.981 bits per heavy atom. The standard InChI is InChI=1S/C43H80NO9P/c1-4-6-8-10-12-14-16-18-20-22-24-26-28-30-32-34-42(46)50-38-41(39-52-54(48,49)51-37-36-44-40(3)45)53-43(47)35-33-31-29-27-25-23-21-19-17-15-13-11-9-7-5-2/h18-21,41H,4-17,22-39H2,1-3H3,(H,44,45)(H,48,49)/p-1/b20-18-,21-19-/t41-/m1/s1. The lowest BCUT2D eigenvalue weighted by Gasteiger charge is -2.25. The van der Waals surface area contributed by atoms with Crippen molar-refractivity contribution < 1.29 is 42.4 Å². The highest BCUT2D eigenvalue weighted by Crippen LogP contribution is 2.38. The maximum absolute atomic E-state index is 12.6. The summed E-state index contributed by atoms with van der Waals surface area (Å²) in [7, 11) is -4.74. The van der Waals surface area contributed by atoms with Gasteiger partial charge in [0.2, 0.25) is 5.91 Å². The number of carbonyl (C=O) groups is 3. The molecule has 0 aliphatic carbocycles. The Morgan fingerprint density at radius 3 is 1.43 bits per heavy atom. The summed E-state index contributed by atoms with van der Waals surface area (Å²) in [5.74, 6) is -1.24. The van der Waals surface area contributed by atoms with Crippen LogP contribution in [-0.4, -0.2) is 50.3 Å². The Bertz CT molecular complexity index is 1000. The molecule has 0 aliphatic rings. The van der Waals surface area contributed by atoms with Gasteiger partial charge in [0, 0.05) is 26.3 Å². The number of phosphoric ester groups is 1. The number of hydrogen-bond donors (Lipinski definition) is 1. The van der Waals surface area contributed by atoms with E-state index in [2.05, 4.69) is 43.5 Å². The number of esters is 2. The van der Waals surface area contributed by atoms with Crippen molar-refractivity contribution >= 4 is 25.7 Å². The number of rotatable bonds is 40. The predicted octanol–water partition coefficient (Wildman–Crippen LogP) is 11.2. The summed E-state index contributed by atoms with van der Waals surface area (Å²) in [5.41, 5.74) is 0. The Morgan fingerprint density at radius 1 is 0.574 bits per heavy atom. The van der Waals surface area contributed by atoms with Crippen molar-refractivity contribution in [3.63, 3.8) is 0 Å². The summed E-state index contributed by atoms with van der Waals surface area (Å²) in [5, 5.41) is 2.43. The number of allylic oxidation sites excluding steroid dienone is 4. The second-order valence-electron chi connectivity index (χ2n) is 14.5. The molecule has 0 aromatic heterocycles. The highest BCUT2D eigenvalue weighted by molar-refractivity contribution is 7.45. The monoisotopic (exact) mass is 785 g/mol. The quantitative estimate of drug-likeness (QED) is 0.0278. The van der Waals surface area contributed by atoms with Gasteiger partial charge in [0.25, 0.3) is 7.82 Å². The summed E-state index contributed by atoms with van der Waals surface area (Å²) in [6.45, 7) is 4.63. The summed E-state index contributed by atoms with van der Waals surface area (Å²) in [4.78, 5) is 48.3. The van der Waals surface area contributed by atoms with Crippen LogP contribution in [0.4, 0.5) is 0 Å². The van der Waals surface area contributed by atoms with Crippen molar-refractivity contribution in [1.82, 2.24) is 5.32 Å². The fraction of sp³-hybridized carbons (Fsp3) is 0.837. The summed E-state index contributed by atoms with van der Waals surface area (Å²) in [6, 6.07) is 0. The second-order valence-corrected chi connectivity index (χ2v) is 15.9. The van der Waals surface area contributed by atoms with Gasteiger partial charge in [-0.15, -0.1) is 0 Å². The topological polar surface area (TPSA) is 140 Å². The minimum Gasteiger partial charge on any atom is -0.756 e. The predicted molar refractivity (Wildman–Crippen MR) is 218 cm³/mol. The maximum Gasteiger partial charge on any atom is 0.306 e. The third-order valence-corrected chi connectivity index (χ3v) is 10.1. The first-order valence-corrected chi connectivity index (χ1v) is 23.2. The lowest BCUT2D eigenvalue weighted by Crippen LogP contribution is -2.30. The third-order valence-electron chi connectivity index (χ3n) is 9.16. The molecule has 54 heavy (non-hydrogen) atoms. The Labute approximate surface area is 330 Å². The first-order valence-electron chi connectivity index (χ1n) is 21.7. The summed E-state index contributed by atoms with van der Waals surface area (Å²) in [6.07, 6.45) is 38.6. The molecule has 316 valence electrons. The second kappa shape index (κ2) is 39.2. The number of carbonyl (C=O) groups excluding carboxylic acids is 3. The van der Waals surface area contributed by atoms with Crippen molar-refractivity contribution in [2.24, 2.45) is 0 Å². The van der Waals surface area contributed by atoms with E-state index < -0.39 is 32.5 Å². The molecule has 0 aromatic carbocycles. The molecule has 0 radical (unpaired) electrons. The van der Waals surface area contributed by atoms with Gasteiger partial charge in [-0.25, -0.2) is 0 Å². The first kappa shape index (κ1) is 52.0. The summed E-state index contributed by atoms with van der Waals surface area (Å²) >= 11 is 0. The van der Waals surface area contributed by atoms with Crippen LogP contribution < -0.4 is 10.2 Å². The SMILES string of the molecule is CCCCCCCC/C=C\CCCCCCCC(=O)OC[C@H](COP(=O)([O-])OCCNC(C)=O)OC(=O)CCCCCCC/C=C\CCCCCCCC. The van der Waals surface area contributed by atoms with Crippen LogP contribution in [0, 0.1) is 0 Å². The fourth-order valence-corrected chi connectivity index (χ4v) is 6.63. The smallest absolute Gasteiger partial charge is 0.306 e. The molecule has 0 rings (SSSR count). The fourth-order valence-electron chi connectivity index (χ4n) is 5.90. The van der Waals surface area contributed by atoms with Crippen LogP contribution in [-0.2, 0) is 37.5 Å². The van der Waals surface area contributed by atoms with E-state index in [0.717, 1.165) is 70.6 Å². The van der Waals surface area contributed by atoms with Crippen LogP contribution in [0.3, 0.4) is 0 Å². The molecule has 0 aromatic rings. The van der Waals surface area contributed by atoms with E-state index in [1.807, 2.05) is 0 Å². The molecule has 10 nitrogen and oxygen atoms in total. The molecule has 0 aliphatic heterocycles. The van der Waals surface area contributed by atoms with E-state index in [-0.39, 0.29) is 38.5 Å². The Kier molecular flexibility index (Phi) is 37.8. The van der Waals surface area contributed by atoms with Crippen LogP contribution in [0.2, 0.25) is 0 Å². The molecule has 1 amide bonds. The number of nitrogens with one attached hydrogen (secondary N) is 1. The van der Waals surface area contributed by atoms with E-state index in [0.29, 0.717) is 12.8 Å². The van der Waals surface area contributed by atoms with Crippen molar-refractivity contribution in [3.05, 3.63) is 24.3 Å². The van der Waals surface area contributed by atoms with Crippen LogP contribution in [0.5, 0.6) is 0 Å². The van der Waals surface area contributed by atoms with Gasteiger partial charge in [-0.2, -0.15) is 0 Å². The van der Waals surface area contributed by atoms with Gasteiger partial charge in [-0.3, -0.25) is 18.9 Å². The molecular formula is C43H79NO9P-. The molecule has 0 spiro atoms. The van der Waals surface area contributed by atoms with Crippen LogP contribution in [0.15, 0.2) is 24.3 Å². The van der Waals surface area contributed by atoms with E-state index in [1.54, 1.807) is 0 Å². The normalized spacial score (nSPS) is 13.3. The van der Waals surface area contributed by atoms with Gasteiger partial charge in [0.15, 0.2) is 6.10 Å². The lowest BCUT2D eigenvalue weighted by molar-refractivity contribution is -0.228. The molecular weight excluding hydrogens is 705 g/mol. The number of phosphoric acid groups is 1. The number of amides is 1. The van der Waals surface area contributed by atoms with Gasteiger partial charge >= 0.3 is 11.9 Å². The highest BCUT2D eigenvalue weighted by Gasteiger charge is 2.21. The minimum atomic E-state index is -4.74. The van der Waals surface area contributed by atoms with Crippen LogP contribution in [0.1, 0.15) is 201 Å². The largest absolute Gasteiger partial charge is 0.756 e. The number of ether oxygens (including phenoxy) is 2. The lowest BCUT2D eigenvalue weighted by atomic mass is 10.1. The highest BCUT2D eigenvalue weighted by atomic mass is 31.2. The number of unbranched alkanes of at least 4 members (excludes halogenated alkanes) is 22. The maximum atomic E-state index is 12.6. The molecule has 0 saturated heterocycles. The van der Waals surface area contributed by atoms with Crippen molar-refractivity contribution in [3.8, 4) is 0 Å². The summed E-state index contributed by atoms with van der Waals surface area (Å²) < 4.78 is 32.7. The van der Waals surface area contributed by atoms with Crippen molar-refractivity contribution in [2.45, 2.75) is 207 Å². The van der Waals surface area contributed by atoms with Gasteiger partial charge in [-0.1, -0.05) is 141 Å². The zero-order valence-electron chi connectivity index (χ0n) is 34.6. The van der Waals surface area contributed by atoms with Gasteiger partial charge in [-0.05, 0) is 64.2 Å². The van der Waals surface area contributed by atoms with E-state index >= 15 is 0 Å². The van der Waals surface area contributed by atoms with E-state index in [4.69, 9.17) is 18.5 Å². The van der Waals surface area contributed by atoms with Crippen molar-refractivity contribution in [2.75, 3.05) is 26.4 Å². The third kappa shape index (κ3) is 39.7. The molecule has 0 bridgehead atoms. The molecule has 1 unspecified atom stereocenters. The minimum absolute atomic E-state index is 0.00668. The van der Waals surface area contributed by atoms with Crippen molar-refractivity contribution in [1.29, 1.82) is 0 Å². The molecule has 2 atom stereocenters. The Hall–Kier alpha value is -2.00. The molecule has 0 heterocycles. The first-order chi connectivity index (χ1) is 26.2. The van der Waals surface area contributed by atoms with Gasteiger partial charge in [0.05, 0.1) is 13.2 Å².